The van der Waals surface area contributed by atoms with Gasteiger partial charge in [-0.3, -0.25) is 4.79 Å². The molecule has 2 aromatic rings. The van der Waals surface area contributed by atoms with Gasteiger partial charge in [0.25, 0.3) is 5.91 Å². The lowest BCUT2D eigenvalue weighted by Gasteiger charge is -2.37. The zero-order chi connectivity index (χ0) is 15.7. The first kappa shape index (κ1) is 15.1. The third kappa shape index (κ3) is 3.03. The van der Waals surface area contributed by atoms with Crippen LogP contribution >= 0.6 is 11.6 Å². The van der Waals surface area contributed by atoms with Crippen LogP contribution in [0.1, 0.15) is 29.1 Å². The number of benzene rings is 1. The molecule has 1 aromatic heterocycles. The molecule has 2 unspecified atom stereocenters. The second-order valence-corrected chi connectivity index (χ2v) is 6.15. The number of morpholine rings is 1. The van der Waals surface area contributed by atoms with E-state index < -0.39 is 0 Å². The third-order valence-electron chi connectivity index (χ3n) is 3.91. The minimum atomic E-state index is -0.0929. The second-order valence-electron chi connectivity index (χ2n) is 5.71. The Kier molecular flexibility index (Phi) is 4.23. The maximum atomic E-state index is 12.7. The molecule has 1 fully saturated rings. The van der Waals surface area contributed by atoms with Crippen molar-refractivity contribution in [1.29, 1.82) is 0 Å². The van der Waals surface area contributed by atoms with Crippen molar-refractivity contribution in [3.63, 3.8) is 0 Å². The highest BCUT2D eigenvalue weighted by molar-refractivity contribution is 6.31. The van der Waals surface area contributed by atoms with E-state index in [-0.39, 0.29) is 18.1 Å². The summed E-state index contributed by atoms with van der Waals surface area (Å²) in [5.74, 6) is -0.00881. The minimum absolute atomic E-state index is 0.00125. The summed E-state index contributed by atoms with van der Waals surface area (Å²) in [7, 11) is 1.83. The van der Waals surface area contributed by atoms with E-state index in [1.807, 2.05) is 49.2 Å². The molecule has 0 spiro atoms. The molecule has 0 radical (unpaired) electrons. The normalized spacial score (nSPS) is 21.9. The zero-order valence-electron chi connectivity index (χ0n) is 12.7. The summed E-state index contributed by atoms with van der Waals surface area (Å²) in [5.41, 5.74) is 1.70. The molecule has 1 aliphatic rings. The lowest BCUT2D eigenvalue weighted by atomic mass is 10.1. The van der Waals surface area contributed by atoms with E-state index in [0.717, 1.165) is 5.56 Å². The van der Waals surface area contributed by atoms with Crippen molar-refractivity contribution in [3.8, 4) is 0 Å². The summed E-state index contributed by atoms with van der Waals surface area (Å²) in [5, 5.41) is 0.576. The van der Waals surface area contributed by atoms with E-state index in [1.165, 1.54) is 0 Å². The minimum Gasteiger partial charge on any atom is -0.367 e. The largest absolute Gasteiger partial charge is 0.367 e. The van der Waals surface area contributed by atoms with E-state index in [9.17, 15) is 4.79 Å². The van der Waals surface area contributed by atoms with Crippen molar-refractivity contribution in [2.45, 2.75) is 19.1 Å². The van der Waals surface area contributed by atoms with Crippen molar-refractivity contribution >= 4 is 17.5 Å². The van der Waals surface area contributed by atoms with Gasteiger partial charge >= 0.3 is 0 Å². The number of nitrogens with zero attached hydrogens (tertiary/aromatic N) is 2. The van der Waals surface area contributed by atoms with Crippen LogP contribution in [0.4, 0.5) is 0 Å². The van der Waals surface area contributed by atoms with Gasteiger partial charge in [-0.25, -0.2) is 0 Å². The molecule has 0 bridgehead atoms. The van der Waals surface area contributed by atoms with Gasteiger partial charge in [-0.05, 0) is 18.6 Å². The van der Waals surface area contributed by atoms with Gasteiger partial charge in [0.2, 0.25) is 0 Å². The van der Waals surface area contributed by atoms with Gasteiger partial charge in [0.05, 0.1) is 17.7 Å². The van der Waals surface area contributed by atoms with Crippen molar-refractivity contribution in [3.05, 3.63) is 58.9 Å². The fourth-order valence-corrected chi connectivity index (χ4v) is 3.12. The summed E-state index contributed by atoms with van der Waals surface area (Å²) < 4.78 is 7.76. The second kappa shape index (κ2) is 6.15. The summed E-state index contributed by atoms with van der Waals surface area (Å²) in [4.78, 5) is 14.6. The molecule has 1 saturated heterocycles. The van der Waals surface area contributed by atoms with Crippen LogP contribution in [0.5, 0.6) is 0 Å². The van der Waals surface area contributed by atoms with E-state index in [2.05, 4.69) is 0 Å². The monoisotopic (exact) mass is 318 g/mol. The first-order valence-electron chi connectivity index (χ1n) is 7.36. The molecule has 0 N–H and O–H groups in total. The molecule has 0 aliphatic carbocycles. The molecular weight excluding hydrogens is 300 g/mol. The number of halogens is 1. The zero-order valence-corrected chi connectivity index (χ0v) is 13.5. The van der Waals surface area contributed by atoms with Crippen LogP contribution in [0.25, 0.3) is 0 Å². The predicted molar refractivity (Wildman–Crippen MR) is 86.1 cm³/mol. The molecule has 1 amide bonds. The van der Waals surface area contributed by atoms with Crippen molar-refractivity contribution < 1.29 is 9.53 Å². The number of carbonyl (C=O) groups excluding carboxylic acids is 1. The van der Waals surface area contributed by atoms with Crippen LogP contribution in [0.15, 0.2) is 42.6 Å². The number of amides is 1. The van der Waals surface area contributed by atoms with Gasteiger partial charge in [0.15, 0.2) is 0 Å². The Morgan fingerprint density at radius 1 is 1.27 bits per heavy atom. The topological polar surface area (TPSA) is 34.5 Å². The first-order valence-corrected chi connectivity index (χ1v) is 7.74. The number of rotatable bonds is 2. The number of hydrogen-bond donors (Lipinski definition) is 0. The van der Waals surface area contributed by atoms with Gasteiger partial charge in [0, 0.05) is 19.8 Å². The van der Waals surface area contributed by atoms with Crippen LogP contribution in [0.3, 0.4) is 0 Å². The Balaban J connectivity index is 1.82. The highest BCUT2D eigenvalue weighted by Crippen LogP contribution is 2.26. The first-order chi connectivity index (χ1) is 10.5. The standard InChI is InChI=1S/C17H19ClN2O2/c1-12-9-20(17(21)15-8-14(18)10-19(15)2)11-16(22-12)13-6-4-3-5-7-13/h3-8,10,12,16H,9,11H2,1-2H3. The van der Waals surface area contributed by atoms with Crippen molar-refractivity contribution in [1.82, 2.24) is 9.47 Å². The fraction of sp³-hybridized carbons (Fsp3) is 0.353. The van der Waals surface area contributed by atoms with E-state index in [1.54, 1.807) is 16.8 Å². The molecule has 2 heterocycles. The van der Waals surface area contributed by atoms with Crippen molar-refractivity contribution in [2.24, 2.45) is 7.05 Å². The Morgan fingerprint density at radius 2 is 2.00 bits per heavy atom. The van der Waals surface area contributed by atoms with Gasteiger partial charge in [-0.1, -0.05) is 41.9 Å². The van der Waals surface area contributed by atoms with Crippen LogP contribution < -0.4 is 0 Å². The molecule has 2 atom stereocenters. The smallest absolute Gasteiger partial charge is 0.270 e. The average molecular weight is 319 g/mol. The predicted octanol–water partition coefficient (Wildman–Crippen LogP) is 3.28. The molecule has 5 heteroatoms. The highest BCUT2D eigenvalue weighted by Gasteiger charge is 2.30. The van der Waals surface area contributed by atoms with E-state index >= 15 is 0 Å². The summed E-state index contributed by atoms with van der Waals surface area (Å²) in [6.45, 7) is 3.13. The summed E-state index contributed by atoms with van der Waals surface area (Å²) in [6.07, 6.45) is 1.65. The highest BCUT2D eigenvalue weighted by atomic mass is 35.5. The van der Waals surface area contributed by atoms with E-state index in [4.69, 9.17) is 16.3 Å². The average Bonchev–Trinajstić information content (AvgIpc) is 2.85. The summed E-state index contributed by atoms with van der Waals surface area (Å²) in [6, 6.07) is 11.7. The van der Waals surface area contributed by atoms with Gasteiger partial charge in [0.1, 0.15) is 11.8 Å². The molecule has 0 saturated carbocycles. The molecule has 1 aromatic carbocycles. The van der Waals surface area contributed by atoms with Crippen molar-refractivity contribution in [2.75, 3.05) is 13.1 Å². The van der Waals surface area contributed by atoms with E-state index in [0.29, 0.717) is 23.8 Å². The number of aryl methyl sites for hydroxylation is 1. The van der Waals surface area contributed by atoms with Gasteiger partial charge < -0.3 is 14.2 Å². The maximum Gasteiger partial charge on any atom is 0.270 e. The maximum absolute atomic E-state index is 12.7. The SMILES string of the molecule is CC1CN(C(=O)c2cc(Cl)cn2C)CC(c2ccccc2)O1. The quantitative estimate of drug-likeness (QED) is 0.851. The lowest BCUT2D eigenvalue weighted by Crippen LogP contribution is -2.46. The number of carbonyl (C=O) groups is 1. The molecule has 4 nitrogen and oxygen atoms in total. The van der Waals surface area contributed by atoms with Crippen LogP contribution in [0.2, 0.25) is 5.02 Å². The molecule has 22 heavy (non-hydrogen) atoms. The Labute approximate surface area is 135 Å². The third-order valence-corrected chi connectivity index (χ3v) is 4.12. The van der Waals surface area contributed by atoms with Gasteiger partial charge in [-0.2, -0.15) is 0 Å². The number of hydrogen-bond acceptors (Lipinski definition) is 2. The Bertz CT molecular complexity index is 669. The van der Waals surface area contributed by atoms with Crippen LogP contribution in [0, 0.1) is 0 Å². The number of ether oxygens (including phenoxy) is 1. The molecule has 1 aliphatic heterocycles. The summed E-state index contributed by atoms with van der Waals surface area (Å²) >= 11 is 5.99. The lowest BCUT2D eigenvalue weighted by molar-refractivity contribution is -0.0693. The Hall–Kier alpha value is -1.78. The fourth-order valence-electron chi connectivity index (χ4n) is 2.87. The van der Waals surface area contributed by atoms with Gasteiger partial charge in [-0.15, -0.1) is 0 Å². The number of aromatic nitrogens is 1. The molecule has 116 valence electrons. The molecular formula is C17H19ClN2O2. The van der Waals surface area contributed by atoms with Crippen LogP contribution in [-0.2, 0) is 11.8 Å². The van der Waals surface area contributed by atoms with Crippen LogP contribution in [-0.4, -0.2) is 34.6 Å². The molecule has 3 rings (SSSR count). The Morgan fingerprint density at radius 3 is 2.64 bits per heavy atom.